The highest BCUT2D eigenvalue weighted by molar-refractivity contribution is 7.17. The van der Waals surface area contributed by atoms with Crippen LogP contribution in [0, 0.1) is 18.8 Å². The number of esters is 1. The number of hydrogen-bond acceptors (Lipinski definition) is 10. The molecule has 1 aliphatic rings. The Hall–Kier alpha value is -4.38. The van der Waals surface area contributed by atoms with Crippen LogP contribution in [0.2, 0.25) is 0 Å². The van der Waals surface area contributed by atoms with Gasteiger partial charge in [-0.15, -0.1) is 0 Å². The third kappa shape index (κ3) is 8.32. The molecule has 0 unspecified atom stereocenters. The number of aromatic nitrogens is 1. The molecule has 0 bridgehead atoms. The molecule has 1 aromatic heterocycles. The third-order valence-electron chi connectivity index (χ3n) is 7.52. The van der Waals surface area contributed by atoms with E-state index in [-0.39, 0.29) is 33.9 Å². The van der Waals surface area contributed by atoms with Crippen molar-refractivity contribution in [3.05, 3.63) is 69.7 Å². The predicted molar refractivity (Wildman–Crippen MR) is 182 cm³/mol. The van der Waals surface area contributed by atoms with E-state index < -0.39 is 23.7 Å². The van der Waals surface area contributed by atoms with Gasteiger partial charge in [0.15, 0.2) is 16.6 Å². The second kappa shape index (κ2) is 15.9. The summed E-state index contributed by atoms with van der Waals surface area (Å²) >= 11 is 0.959. The molecule has 1 aliphatic heterocycles. The van der Waals surface area contributed by atoms with E-state index in [1.807, 2.05) is 13.8 Å². The van der Waals surface area contributed by atoms with Crippen molar-refractivity contribution in [2.45, 2.75) is 66.8 Å². The molecule has 1 saturated heterocycles. The first-order chi connectivity index (χ1) is 22.5. The second-order valence-corrected chi connectivity index (χ2v) is 13.2. The summed E-state index contributed by atoms with van der Waals surface area (Å²) in [7, 11) is 1.51. The smallest absolute Gasteiger partial charge is 0.350 e. The van der Waals surface area contributed by atoms with Crippen molar-refractivity contribution < 1.29 is 38.4 Å². The number of nitrogens with zero attached hydrogens (tertiary/aromatic N) is 2. The Balaban J connectivity index is 1.81. The van der Waals surface area contributed by atoms with Gasteiger partial charge < -0.3 is 24.1 Å². The van der Waals surface area contributed by atoms with Crippen LogP contribution in [-0.2, 0) is 14.3 Å². The lowest BCUT2D eigenvalue weighted by Gasteiger charge is -2.24. The largest absolute Gasteiger partial charge is 0.507 e. The fourth-order valence-corrected chi connectivity index (χ4v) is 5.89. The maximum Gasteiger partial charge on any atom is 0.350 e. The molecular formula is C36H44N2O8S. The fourth-order valence-electron chi connectivity index (χ4n) is 4.90. The number of carbonyl (C=O) groups excluding carboxylic acids is 3. The lowest BCUT2D eigenvalue weighted by molar-refractivity contribution is -0.132. The summed E-state index contributed by atoms with van der Waals surface area (Å²) < 4.78 is 22.8. The Morgan fingerprint density at radius 3 is 2.36 bits per heavy atom. The number of methoxy groups -OCH3 is 1. The van der Waals surface area contributed by atoms with Crippen LogP contribution in [0.3, 0.4) is 0 Å². The number of anilines is 1. The van der Waals surface area contributed by atoms with Crippen LogP contribution in [0.15, 0.2) is 48.0 Å². The normalized spacial score (nSPS) is 15.9. The molecular weight excluding hydrogens is 620 g/mol. The van der Waals surface area contributed by atoms with E-state index >= 15 is 0 Å². The topological polar surface area (TPSA) is 124 Å². The standard InChI is InChI=1S/C36H44N2O8S/c1-8-9-17-44-26-13-10-24(11-14-26)31(39)29-30(25-12-15-27(28(19-25)43-7)45-18-16-21(2)3)38(34(41)32(29)40)36-37-23(6)33(47-36)35(42)46-20-22(4)5/h10-15,19,21-22,30,39H,8-9,16-18,20H2,1-7H3/t30-/m0/s1. The van der Waals surface area contributed by atoms with Gasteiger partial charge in [-0.3, -0.25) is 14.5 Å². The molecule has 2 aromatic carbocycles. The van der Waals surface area contributed by atoms with E-state index in [1.54, 1.807) is 49.4 Å². The molecule has 4 rings (SSSR count). The van der Waals surface area contributed by atoms with Gasteiger partial charge in [0.1, 0.15) is 16.4 Å². The molecule has 10 nitrogen and oxygen atoms in total. The molecule has 11 heteroatoms. The van der Waals surface area contributed by atoms with Gasteiger partial charge >= 0.3 is 11.9 Å². The minimum Gasteiger partial charge on any atom is -0.507 e. The average Bonchev–Trinajstić information content (AvgIpc) is 3.55. The summed E-state index contributed by atoms with van der Waals surface area (Å²) in [4.78, 5) is 46.4. The van der Waals surface area contributed by atoms with Gasteiger partial charge in [0.25, 0.3) is 5.78 Å². The molecule has 0 radical (unpaired) electrons. The lowest BCUT2D eigenvalue weighted by atomic mass is 9.95. The summed E-state index contributed by atoms with van der Waals surface area (Å²) in [5, 5.41) is 11.7. The number of carbonyl (C=O) groups is 3. The van der Waals surface area contributed by atoms with Crippen molar-refractivity contribution in [2.24, 2.45) is 11.8 Å². The first-order valence-corrected chi connectivity index (χ1v) is 16.8. The maximum atomic E-state index is 13.8. The Kier molecular flexibility index (Phi) is 12.0. The Labute approximate surface area is 280 Å². The molecule has 1 atom stereocenters. The van der Waals surface area contributed by atoms with Crippen LogP contribution < -0.4 is 19.1 Å². The summed E-state index contributed by atoms with van der Waals surface area (Å²) in [5.41, 5.74) is 1.06. The summed E-state index contributed by atoms with van der Waals surface area (Å²) in [5.74, 6) is -0.561. The molecule has 0 spiro atoms. The van der Waals surface area contributed by atoms with E-state index in [0.717, 1.165) is 30.6 Å². The van der Waals surface area contributed by atoms with Crippen LogP contribution >= 0.6 is 11.3 Å². The van der Waals surface area contributed by atoms with Crippen molar-refractivity contribution in [1.29, 1.82) is 0 Å². The summed E-state index contributed by atoms with van der Waals surface area (Å²) in [6, 6.07) is 10.8. The highest BCUT2D eigenvalue weighted by Gasteiger charge is 2.48. The van der Waals surface area contributed by atoms with Crippen molar-refractivity contribution in [1.82, 2.24) is 4.98 Å². The van der Waals surface area contributed by atoms with Gasteiger partial charge in [0.05, 0.1) is 44.2 Å². The molecule has 0 aliphatic carbocycles. The molecule has 47 heavy (non-hydrogen) atoms. The van der Waals surface area contributed by atoms with Crippen LogP contribution in [0.1, 0.15) is 86.4 Å². The zero-order valence-electron chi connectivity index (χ0n) is 28.1. The highest BCUT2D eigenvalue weighted by Crippen LogP contribution is 2.45. The van der Waals surface area contributed by atoms with Crippen molar-refractivity contribution in [3.8, 4) is 17.2 Å². The van der Waals surface area contributed by atoms with Crippen molar-refractivity contribution >= 4 is 39.9 Å². The first kappa shape index (κ1) is 35.5. The van der Waals surface area contributed by atoms with Crippen molar-refractivity contribution in [3.63, 3.8) is 0 Å². The predicted octanol–water partition coefficient (Wildman–Crippen LogP) is 7.50. The number of rotatable bonds is 15. The molecule has 1 N–H and O–H groups in total. The van der Waals surface area contributed by atoms with E-state index in [2.05, 4.69) is 25.8 Å². The van der Waals surface area contributed by atoms with Crippen LogP contribution in [0.25, 0.3) is 5.76 Å². The molecule has 2 heterocycles. The maximum absolute atomic E-state index is 13.8. The zero-order chi connectivity index (χ0) is 34.2. The number of aryl methyl sites for hydroxylation is 1. The Bertz CT molecular complexity index is 1610. The van der Waals surface area contributed by atoms with Gasteiger partial charge in [-0.25, -0.2) is 9.78 Å². The third-order valence-corrected chi connectivity index (χ3v) is 8.66. The Morgan fingerprint density at radius 2 is 1.72 bits per heavy atom. The number of benzene rings is 2. The molecule has 252 valence electrons. The minimum absolute atomic E-state index is 0.123. The first-order valence-electron chi connectivity index (χ1n) is 16.0. The number of thiazole rings is 1. The number of aliphatic hydroxyl groups is 1. The van der Waals surface area contributed by atoms with Gasteiger partial charge in [-0.2, -0.15) is 0 Å². The van der Waals surface area contributed by atoms with E-state index in [4.69, 9.17) is 18.9 Å². The number of ketones is 1. The SMILES string of the molecule is CCCCOc1ccc(C(O)=C2C(=O)C(=O)N(c3nc(C)c(C(=O)OCC(C)C)s3)[C@H]2c2ccc(OCCC(C)C)c(OC)c2)cc1. The number of hydrogen-bond donors (Lipinski definition) is 1. The van der Waals surface area contributed by atoms with Crippen LogP contribution in [-0.4, -0.2) is 54.7 Å². The average molecular weight is 665 g/mol. The number of aliphatic hydroxyl groups excluding tert-OH is 1. The Morgan fingerprint density at radius 1 is 1.00 bits per heavy atom. The van der Waals surface area contributed by atoms with Gasteiger partial charge in [-0.05, 0) is 73.6 Å². The lowest BCUT2D eigenvalue weighted by Crippen LogP contribution is -2.29. The van der Waals surface area contributed by atoms with Gasteiger partial charge in [-0.1, -0.05) is 58.4 Å². The quantitative estimate of drug-likeness (QED) is 0.0578. The molecule has 1 fully saturated rings. The number of ether oxygens (including phenoxy) is 4. The van der Waals surface area contributed by atoms with E-state index in [9.17, 15) is 19.5 Å². The number of amides is 1. The molecule has 3 aromatic rings. The van der Waals surface area contributed by atoms with Gasteiger partial charge in [0, 0.05) is 5.56 Å². The summed E-state index contributed by atoms with van der Waals surface area (Å²) in [6.45, 7) is 13.1. The second-order valence-electron chi connectivity index (χ2n) is 12.2. The molecule has 0 saturated carbocycles. The van der Waals surface area contributed by atoms with E-state index in [1.165, 1.54) is 12.0 Å². The molecule has 1 amide bonds. The van der Waals surface area contributed by atoms with E-state index in [0.29, 0.717) is 53.2 Å². The highest BCUT2D eigenvalue weighted by atomic mass is 32.1. The monoisotopic (exact) mass is 664 g/mol. The van der Waals surface area contributed by atoms with Gasteiger partial charge in [0.2, 0.25) is 0 Å². The van der Waals surface area contributed by atoms with Crippen LogP contribution in [0.4, 0.5) is 5.13 Å². The minimum atomic E-state index is -1.08. The zero-order valence-corrected chi connectivity index (χ0v) is 28.9. The number of unbranched alkanes of at least 4 members (excludes halogenated alkanes) is 1. The van der Waals surface area contributed by atoms with Crippen LogP contribution in [0.5, 0.6) is 17.2 Å². The van der Waals surface area contributed by atoms with Crippen molar-refractivity contribution in [2.75, 3.05) is 31.8 Å². The summed E-state index contributed by atoms with van der Waals surface area (Å²) in [6.07, 6.45) is 2.75. The number of Topliss-reactive ketones (excluding diaryl/α,β-unsaturated/α-hetero) is 1. The fraction of sp³-hybridized carbons (Fsp3) is 0.444.